The molecule has 1 fully saturated rings. The molecular weight excluding hydrogens is 350 g/mol. The molecule has 0 radical (unpaired) electrons. The molecule has 1 aromatic heterocycles. The van der Waals surface area contributed by atoms with Gasteiger partial charge in [-0.2, -0.15) is 0 Å². The van der Waals surface area contributed by atoms with Crippen molar-refractivity contribution in [3.05, 3.63) is 41.7 Å². The molecule has 1 aromatic carbocycles. The molecule has 8 nitrogen and oxygen atoms in total. The van der Waals surface area contributed by atoms with Crippen molar-refractivity contribution in [2.75, 3.05) is 47.5 Å². The zero-order valence-corrected chi connectivity index (χ0v) is 15.7. The Morgan fingerprint density at radius 3 is 1.89 bits per heavy atom. The fourth-order valence-electron chi connectivity index (χ4n) is 3.13. The van der Waals surface area contributed by atoms with Crippen molar-refractivity contribution in [3.63, 3.8) is 0 Å². The van der Waals surface area contributed by atoms with Gasteiger partial charge in [0.2, 0.25) is 5.75 Å². The van der Waals surface area contributed by atoms with E-state index in [0.29, 0.717) is 54.7 Å². The van der Waals surface area contributed by atoms with Crippen molar-refractivity contribution in [1.82, 2.24) is 14.8 Å². The Balaban J connectivity index is 1.71. The maximum atomic E-state index is 12.9. The minimum atomic E-state index is -0.138. The predicted molar refractivity (Wildman–Crippen MR) is 98.7 cm³/mol. The Morgan fingerprint density at radius 2 is 1.44 bits per heavy atom. The van der Waals surface area contributed by atoms with Crippen LogP contribution in [0.25, 0.3) is 0 Å². The Kier molecular flexibility index (Phi) is 5.54. The summed E-state index contributed by atoms with van der Waals surface area (Å²) in [6.45, 7) is 1.88. The molecule has 27 heavy (non-hydrogen) atoms. The maximum Gasteiger partial charge on any atom is 0.270 e. The number of carbonyl (C=O) groups is 2. The molecule has 1 saturated heterocycles. The topological polar surface area (TPSA) is 84.1 Å². The first-order valence-electron chi connectivity index (χ1n) is 8.61. The van der Waals surface area contributed by atoms with Crippen LogP contribution in [0.5, 0.6) is 17.2 Å². The van der Waals surface area contributed by atoms with Crippen LogP contribution < -0.4 is 14.2 Å². The second kappa shape index (κ2) is 8.03. The maximum absolute atomic E-state index is 12.9. The Bertz CT molecular complexity index is 786. The summed E-state index contributed by atoms with van der Waals surface area (Å²) < 4.78 is 15.9. The van der Waals surface area contributed by atoms with Gasteiger partial charge >= 0.3 is 0 Å². The van der Waals surface area contributed by atoms with Crippen LogP contribution in [0.4, 0.5) is 0 Å². The highest BCUT2D eigenvalue weighted by molar-refractivity contribution is 5.96. The number of H-pyrrole nitrogens is 1. The van der Waals surface area contributed by atoms with Crippen LogP contribution in [0.2, 0.25) is 0 Å². The standard InChI is InChI=1S/C19H23N3O5/c1-25-15-11-13(12-16(26-2)17(15)27-3)18(23)21-7-9-22(10-8-21)19(24)14-5-4-6-20-14/h4-6,11-12,20H,7-10H2,1-3H3. The van der Waals surface area contributed by atoms with Gasteiger partial charge in [-0.15, -0.1) is 0 Å². The number of benzene rings is 1. The summed E-state index contributed by atoms with van der Waals surface area (Å²) in [6.07, 6.45) is 1.72. The summed E-state index contributed by atoms with van der Waals surface area (Å²) in [5.41, 5.74) is 1.01. The number of amides is 2. The van der Waals surface area contributed by atoms with Crippen molar-refractivity contribution in [2.45, 2.75) is 0 Å². The van der Waals surface area contributed by atoms with Gasteiger partial charge in [-0.05, 0) is 24.3 Å². The summed E-state index contributed by atoms with van der Waals surface area (Å²) >= 11 is 0. The summed E-state index contributed by atoms with van der Waals surface area (Å²) in [5.74, 6) is 1.11. The van der Waals surface area contributed by atoms with Crippen molar-refractivity contribution >= 4 is 11.8 Å². The molecule has 8 heteroatoms. The summed E-state index contributed by atoms with van der Waals surface area (Å²) in [5, 5.41) is 0. The summed E-state index contributed by atoms with van der Waals surface area (Å²) in [7, 11) is 4.54. The molecule has 2 amide bonds. The number of hydrogen-bond donors (Lipinski definition) is 1. The van der Waals surface area contributed by atoms with Crippen LogP contribution in [0.1, 0.15) is 20.8 Å². The van der Waals surface area contributed by atoms with E-state index in [4.69, 9.17) is 14.2 Å². The molecule has 1 aliphatic heterocycles. The van der Waals surface area contributed by atoms with E-state index >= 15 is 0 Å². The number of hydrogen-bond acceptors (Lipinski definition) is 5. The molecule has 0 unspecified atom stereocenters. The minimum absolute atomic E-state index is 0.0557. The summed E-state index contributed by atoms with van der Waals surface area (Å²) in [4.78, 5) is 31.7. The van der Waals surface area contributed by atoms with E-state index in [1.54, 1.807) is 40.3 Å². The normalized spacial score (nSPS) is 14.0. The summed E-state index contributed by atoms with van der Waals surface area (Å²) in [6, 6.07) is 6.81. The first kappa shape index (κ1) is 18.6. The average molecular weight is 373 g/mol. The van der Waals surface area contributed by atoms with E-state index in [9.17, 15) is 9.59 Å². The van der Waals surface area contributed by atoms with Crippen LogP contribution in [-0.4, -0.2) is 74.1 Å². The van der Waals surface area contributed by atoms with Gasteiger partial charge in [-0.25, -0.2) is 0 Å². The van der Waals surface area contributed by atoms with Crippen LogP contribution in [0.3, 0.4) is 0 Å². The van der Waals surface area contributed by atoms with E-state index in [-0.39, 0.29) is 11.8 Å². The number of ether oxygens (including phenoxy) is 3. The highest BCUT2D eigenvalue weighted by atomic mass is 16.5. The van der Waals surface area contributed by atoms with Crippen molar-refractivity contribution < 1.29 is 23.8 Å². The van der Waals surface area contributed by atoms with Gasteiger partial charge < -0.3 is 29.0 Å². The number of rotatable bonds is 5. The molecule has 0 aliphatic carbocycles. The lowest BCUT2D eigenvalue weighted by Crippen LogP contribution is -2.50. The fraction of sp³-hybridized carbons (Fsp3) is 0.368. The second-order valence-electron chi connectivity index (χ2n) is 6.08. The molecule has 1 N–H and O–H groups in total. The lowest BCUT2D eigenvalue weighted by molar-refractivity contribution is 0.0532. The number of aromatic nitrogens is 1. The molecule has 3 rings (SSSR count). The predicted octanol–water partition coefficient (Wildman–Crippen LogP) is 1.64. The van der Waals surface area contributed by atoms with Crippen LogP contribution in [-0.2, 0) is 0 Å². The molecular formula is C19H23N3O5. The van der Waals surface area contributed by atoms with Crippen LogP contribution in [0.15, 0.2) is 30.5 Å². The third kappa shape index (κ3) is 3.69. The zero-order chi connectivity index (χ0) is 19.4. The quantitative estimate of drug-likeness (QED) is 0.861. The third-order valence-corrected chi connectivity index (χ3v) is 4.59. The second-order valence-corrected chi connectivity index (χ2v) is 6.08. The number of methoxy groups -OCH3 is 3. The lowest BCUT2D eigenvalue weighted by atomic mass is 10.1. The first-order chi connectivity index (χ1) is 13.1. The Labute approximate surface area is 157 Å². The minimum Gasteiger partial charge on any atom is -0.493 e. The fourth-order valence-corrected chi connectivity index (χ4v) is 3.13. The number of nitrogens with one attached hydrogen (secondary N) is 1. The smallest absolute Gasteiger partial charge is 0.270 e. The van der Waals surface area contributed by atoms with E-state index in [1.807, 2.05) is 0 Å². The average Bonchev–Trinajstić information content (AvgIpc) is 3.26. The molecule has 0 bridgehead atoms. The van der Waals surface area contributed by atoms with E-state index < -0.39 is 0 Å². The number of nitrogens with zero attached hydrogens (tertiary/aromatic N) is 2. The monoisotopic (exact) mass is 373 g/mol. The van der Waals surface area contributed by atoms with Crippen LogP contribution in [0, 0.1) is 0 Å². The molecule has 0 saturated carbocycles. The molecule has 0 atom stereocenters. The van der Waals surface area contributed by atoms with E-state index in [1.165, 1.54) is 21.3 Å². The molecule has 144 valence electrons. The number of carbonyl (C=O) groups excluding carboxylic acids is 2. The van der Waals surface area contributed by atoms with Gasteiger partial charge in [-0.1, -0.05) is 0 Å². The van der Waals surface area contributed by atoms with Crippen molar-refractivity contribution in [1.29, 1.82) is 0 Å². The van der Waals surface area contributed by atoms with Crippen molar-refractivity contribution in [3.8, 4) is 17.2 Å². The van der Waals surface area contributed by atoms with Gasteiger partial charge in [-0.3, -0.25) is 9.59 Å². The van der Waals surface area contributed by atoms with E-state index in [2.05, 4.69) is 4.98 Å². The van der Waals surface area contributed by atoms with Gasteiger partial charge in [0.15, 0.2) is 11.5 Å². The number of piperazine rings is 1. The third-order valence-electron chi connectivity index (χ3n) is 4.59. The molecule has 0 spiro atoms. The first-order valence-corrected chi connectivity index (χ1v) is 8.61. The van der Waals surface area contributed by atoms with Gasteiger partial charge in [0, 0.05) is 37.9 Å². The van der Waals surface area contributed by atoms with Gasteiger partial charge in [0.25, 0.3) is 11.8 Å². The Morgan fingerprint density at radius 1 is 0.889 bits per heavy atom. The highest BCUT2D eigenvalue weighted by Crippen LogP contribution is 2.38. The highest BCUT2D eigenvalue weighted by Gasteiger charge is 2.27. The SMILES string of the molecule is COc1cc(C(=O)N2CCN(C(=O)c3ccc[nH]3)CC2)cc(OC)c1OC. The van der Waals surface area contributed by atoms with Crippen LogP contribution >= 0.6 is 0 Å². The molecule has 1 aliphatic rings. The zero-order valence-electron chi connectivity index (χ0n) is 15.7. The largest absolute Gasteiger partial charge is 0.493 e. The molecule has 2 aromatic rings. The van der Waals surface area contributed by atoms with Crippen molar-refractivity contribution in [2.24, 2.45) is 0 Å². The van der Waals surface area contributed by atoms with Gasteiger partial charge in [0.1, 0.15) is 5.69 Å². The number of aromatic amines is 1. The van der Waals surface area contributed by atoms with Gasteiger partial charge in [0.05, 0.1) is 21.3 Å². The lowest BCUT2D eigenvalue weighted by Gasteiger charge is -2.34. The van der Waals surface area contributed by atoms with E-state index in [0.717, 1.165) is 0 Å². The molecule has 2 heterocycles. The Hall–Kier alpha value is -3.16.